The molecule has 0 unspecified atom stereocenters. The molecule has 0 fully saturated rings. The van der Waals surface area contributed by atoms with Crippen LogP contribution in [0.3, 0.4) is 0 Å². The van der Waals surface area contributed by atoms with Crippen LogP contribution in [0.2, 0.25) is 10.0 Å². The first kappa shape index (κ1) is 15.8. The van der Waals surface area contributed by atoms with Gasteiger partial charge in [0, 0.05) is 15.2 Å². The van der Waals surface area contributed by atoms with Crippen LogP contribution in [0.4, 0.5) is 11.4 Å². The Morgan fingerprint density at radius 3 is 2.19 bits per heavy atom. The molecule has 4 nitrogen and oxygen atoms in total. The quantitative estimate of drug-likeness (QED) is 0.753. The van der Waals surface area contributed by atoms with Crippen molar-refractivity contribution in [2.24, 2.45) is 0 Å². The highest BCUT2D eigenvalue weighted by Crippen LogP contribution is 2.25. The fraction of sp³-hybridized carbons (Fsp3) is 0. The van der Waals surface area contributed by atoms with E-state index in [1.165, 1.54) is 12.1 Å². The van der Waals surface area contributed by atoms with Crippen molar-refractivity contribution in [2.75, 3.05) is 10.6 Å². The van der Waals surface area contributed by atoms with E-state index in [9.17, 15) is 9.59 Å². The molecule has 0 atom stereocenters. The number of hydrogen-bond donors (Lipinski definition) is 2. The second-order valence-electron chi connectivity index (χ2n) is 4.04. The van der Waals surface area contributed by atoms with Crippen molar-refractivity contribution in [3.63, 3.8) is 0 Å². The fourth-order valence-corrected chi connectivity index (χ4v) is 2.09. The highest BCUT2D eigenvalue weighted by molar-refractivity contribution is 9.10. The first-order chi connectivity index (χ1) is 9.95. The van der Waals surface area contributed by atoms with Gasteiger partial charge >= 0.3 is 11.8 Å². The molecule has 0 radical (unpaired) electrons. The number of carbonyl (C=O) groups excluding carboxylic acids is 2. The summed E-state index contributed by atoms with van der Waals surface area (Å²) < 4.78 is 0.871. The molecule has 0 bridgehead atoms. The molecule has 108 valence electrons. The molecule has 0 spiro atoms. The van der Waals surface area contributed by atoms with Crippen molar-refractivity contribution in [1.29, 1.82) is 0 Å². The molecular weight excluding hydrogens is 379 g/mol. The fourth-order valence-electron chi connectivity index (χ4n) is 1.49. The highest BCUT2D eigenvalue weighted by atomic mass is 79.9. The molecule has 0 aliphatic carbocycles. The molecule has 2 aromatic rings. The zero-order chi connectivity index (χ0) is 15.4. The van der Waals surface area contributed by atoms with E-state index in [1.807, 2.05) is 0 Å². The van der Waals surface area contributed by atoms with Crippen LogP contribution in [0.5, 0.6) is 0 Å². The highest BCUT2D eigenvalue weighted by Gasteiger charge is 2.15. The Morgan fingerprint density at radius 2 is 1.52 bits per heavy atom. The van der Waals surface area contributed by atoms with E-state index in [-0.39, 0.29) is 5.69 Å². The second-order valence-corrected chi connectivity index (χ2v) is 5.80. The minimum absolute atomic E-state index is 0.278. The molecule has 0 aliphatic heterocycles. The van der Waals surface area contributed by atoms with Crippen molar-refractivity contribution in [3.05, 3.63) is 57.0 Å². The zero-order valence-electron chi connectivity index (χ0n) is 10.5. The van der Waals surface area contributed by atoms with Gasteiger partial charge in [0.25, 0.3) is 0 Å². The van der Waals surface area contributed by atoms with Gasteiger partial charge in [-0.2, -0.15) is 0 Å². The Morgan fingerprint density at radius 1 is 0.905 bits per heavy atom. The maximum atomic E-state index is 11.8. The van der Waals surface area contributed by atoms with Gasteiger partial charge in [0.05, 0.1) is 10.7 Å². The zero-order valence-corrected chi connectivity index (χ0v) is 13.6. The summed E-state index contributed by atoms with van der Waals surface area (Å²) in [5, 5.41) is 5.58. The van der Waals surface area contributed by atoms with Crippen LogP contribution in [-0.2, 0) is 9.59 Å². The van der Waals surface area contributed by atoms with Crippen molar-refractivity contribution >= 4 is 62.3 Å². The van der Waals surface area contributed by atoms with Crippen LogP contribution < -0.4 is 10.6 Å². The van der Waals surface area contributed by atoms with Gasteiger partial charge in [-0.15, -0.1) is 0 Å². The van der Waals surface area contributed by atoms with Gasteiger partial charge < -0.3 is 10.6 Å². The molecular formula is C14H9BrCl2N2O2. The third-order valence-corrected chi connectivity index (χ3v) is 3.58. The van der Waals surface area contributed by atoms with E-state index in [0.29, 0.717) is 15.7 Å². The Kier molecular flexibility index (Phi) is 5.22. The van der Waals surface area contributed by atoms with Crippen LogP contribution in [-0.4, -0.2) is 11.8 Å². The summed E-state index contributed by atoms with van der Waals surface area (Å²) in [7, 11) is 0. The number of benzene rings is 2. The molecule has 2 rings (SSSR count). The van der Waals surface area contributed by atoms with Crippen LogP contribution in [0.25, 0.3) is 0 Å². The Hall–Kier alpha value is -1.56. The normalized spacial score (nSPS) is 10.0. The smallest absolute Gasteiger partial charge is 0.314 e. The van der Waals surface area contributed by atoms with E-state index in [1.54, 1.807) is 30.3 Å². The largest absolute Gasteiger partial charge is 0.318 e. The Labute approximate surface area is 139 Å². The lowest BCUT2D eigenvalue weighted by atomic mass is 10.3. The summed E-state index contributed by atoms with van der Waals surface area (Å²) in [6, 6.07) is 11.4. The summed E-state index contributed by atoms with van der Waals surface area (Å²) in [6.07, 6.45) is 0. The lowest BCUT2D eigenvalue weighted by molar-refractivity contribution is -0.132. The van der Waals surface area contributed by atoms with Crippen LogP contribution in [0, 0.1) is 0 Å². The lowest BCUT2D eigenvalue weighted by Gasteiger charge is -2.08. The number of halogens is 3. The molecule has 21 heavy (non-hydrogen) atoms. The average Bonchev–Trinajstić information content (AvgIpc) is 2.45. The van der Waals surface area contributed by atoms with E-state index < -0.39 is 11.8 Å². The molecule has 0 saturated carbocycles. The van der Waals surface area contributed by atoms with Crippen molar-refractivity contribution in [2.45, 2.75) is 0 Å². The minimum atomic E-state index is -0.831. The van der Waals surface area contributed by atoms with Crippen molar-refractivity contribution in [1.82, 2.24) is 0 Å². The van der Waals surface area contributed by atoms with Crippen LogP contribution in [0.15, 0.2) is 46.9 Å². The van der Waals surface area contributed by atoms with Gasteiger partial charge in [-0.05, 0) is 42.5 Å². The minimum Gasteiger partial charge on any atom is -0.318 e. The summed E-state index contributed by atoms with van der Waals surface area (Å²) in [5.41, 5.74) is 0.788. The van der Waals surface area contributed by atoms with Gasteiger partial charge in [-0.3, -0.25) is 9.59 Å². The van der Waals surface area contributed by atoms with Gasteiger partial charge in [0.15, 0.2) is 0 Å². The van der Waals surface area contributed by atoms with Crippen molar-refractivity contribution < 1.29 is 9.59 Å². The number of rotatable bonds is 2. The van der Waals surface area contributed by atoms with Crippen molar-refractivity contribution in [3.8, 4) is 0 Å². The van der Waals surface area contributed by atoms with Gasteiger partial charge in [-0.25, -0.2) is 0 Å². The molecule has 0 aliphatic rings. The third kappa shape index (κ3) is 4.46. The monoisotopic (exact) mass is 386 g/mol. The second kappa shape index (κ2) is 6.93. The first-order valence-electron chi connectivity index (χ1n) is 5.78. The number of anilines is 2. The predicted molar refractivity (Wildman–Crippen MR) is 87.9 cm³/mol. The summed E-state index contributed by atoms with van der Waals surface area (Å²) >= 11 is 15.0. The maximum Gasteiger partial charge on any atom is 0.314 e. The molecule has 0 heterocycles. The average molecular weight is 388 g/mol. The molecule has 2 aromatic carbocycles. The molecule has 0 aromatic heterocycles. The van der Waals surface area contributed by atoms with Crippen LogP contribution in [0.1, 0.15) is 0 Å². The molecule has 0 saturated heterocycles. The van der Waals surface area contributed by atoms with Gasteiger partial charge in [-0.1, -0.05) is 39.1 Å². The van der Waals surface area contributed by atoms with Gasteiger partial charge in [0.1, 0.15) is 0 Å². The summed E-state index contributed by atoms with van der Waals surface area (Å²) in [5.74, 6) is -1.63. The maximum absolute atomic E-state index is 11.8. The first-order valence-corrected chi connectivity index (χ1v) is 7.33. The molecule has 7 heteroatoms. The molecule has 2 amide bonds. The standard InChI is InChI=1S/C14H9BrCl2N2O2/c15-8-1-4-10(5-2-8)18-13(20)14(21)19-12-7-9(16)3-6-11(12)17/h1-7H,(H,18,20)(H,19,21). The third-order valence-electron chi connectivity index (χ3n) is 2.48. The number of hydrogen-bond acceptors (Lipinski definition) is 2. The topological polar surface area (TPSA) is 58.2 Å². The number of amides is 2. The number of carbonyl (C=O) groups is 2. The Bertz CT molecular complexity index is 690. The molecule has 2 N–H and O–H groups in total. The van der Waals surface area contributed by atoms with E-state index in [4.69, 9.17) is 23.2 Å². The van der Waals surface area contributed by atoms with E-state index in [0.717, 1.165) is 4.47 Å². The predicted octanol–water partition coefficient (Wildman–Crippen LogP) is 4.33. The summed E-state index contributed by atoms with van der Waals surface area (Å²) in [6.45, 7) is 0. The van der Waals surface area contributed by atoms with E-state index in [2.05, 4.69) is 26.6 Å². The van der Waals surface area contributed by atoms with E-state index >= 15 is 0 Å². The number of nitrogens with one attached hydrogen (secondary N) is 2. The lowest BCUT2D eigenvalue weighted by Crippen LogP contribution is -2.29. The Balaban J connectivity index is 2.04. The summed E-state index contributed by atoms with van der Waals surface area (Å²) in [4.78, 5) is 23.6. The van der Waals surface area contributed by atoms with Crippen LogP contribution >= 0.6 is 39.1 Å². The van der Waals surface area contributed by atoms with Gasteiger partial charge in [0.2, 0.25) is 0 Å². The SMILES string of the molecule is O=C(Nc1ccc(Br)cc1)C(=O)Nc1cc(Cl)ccc1Cl.